The van der Waals surface area contributed by atoms with E-state index in [2.05, 4.69) is 5.92 Å². The van der Waals surface area contributed by atoms with E-state index in [9.17, 15) is 10.2 Å². The van der Waals surface area contributed by atoms with Gasteiger partial charge in [0.05, 0.1) is 12.2 Å². The first-order valence-corrected chi connectivity index (χ1v) is 3.91. The molecule has 0 unspecified atom stereocenters. The fraction of sp³-hybridized carbons (Fsp3) is 0.778. The molecule has 1 rings (SSSR count). The maximum Gasteiger partial charge on any atom is 0.0628 e. The van der Waals surface area contributed by atoms with Crippen molar-refractivity contribution in [3.63, 3.8) is 0 Å². The van der Waals surface area contributed by atoms with Crippen LogP contribution in [0.5, 0.6) is 0 Å². The minimum Gasteiger partial charge on any atom is -0.392 e. The summed E-state index contributed by atoms with van der Waals surface area (Å²) in [5.41, 5.74) is -0.464. The summed E-state index contributed by atoms with van der Waals surface area (Å²) < 4.78 is 0. The van der Waals surface area contributed by atoms with E-state index in [0.717, 1.165) is 0 Å². The predicted octanol–water partition coefficient (Wildman–Crippen LogP) is 0.532. The standard InChI is InChI=1S/C9H14O2/c1-3-6-9(2)7(10)4-5-8(9)11/h1,7-8,10-11H,4-6H2,2H3/t7-,8-/m1/s1. The molecular formula is C9H14O2. The lowest BCUT2D eigenvalue weighted by Gasteiger charge is -2.29. The molecule has 62 valence electrons. The van der Waals surface area contributed by atoms with Crippen LogP contribution in [-0.4, -0.2) is 22.4 Å². The Labute approximate surface area is 67.2 Å². The van der Waals surface area contributed by atoms with Crippen LogP contribution in [0.4, 0.5) is 0 Å². The van der Waals surface area contributed by atoms with E-state index in [1.54, 1.807) is 0 Å². The molecule has 0 bridgehead atoms. The summed E-state index contributed by atoms with van der Waals surface area (Å²) >= 11 is 0. The van der Waals surface area contributed by atoms with Crippen molar-refractivity contribution in [2.45, 2.75) is 38.4 Å². The van der Waals surface area contributed by atoms with Crippen LogP contribution in [0.3, 0.4) is 0 Å². The Morgan fingerprint density at radius 3 is 2.27 bits per heavy atom. The van der Waals surface area contributed by atoms with E-state index in [4.69, 9.17) is 6.42 Å². The van der Waals surface area contributed by atoms with Crippen molar-refractivity contribution in [3.05, 3.63) is 0 Å². The molecular weight excluding hydrogens is 140 g/mol. The van der Waals surface area contributed by atoms with Gasteiger partial charge in [0.1, 0.15) is 0 Å². The number of hydrogen-bond donors (Lipinski definition) is 2. The summed E-state index contributed by atoms with van der Waals surface area (Å²) in [6, 6.07) is 0. The second-order valence-electron chi connectivity index (χ2n) is 3.50. The van der Waals surface area contributed by atoms with Gasteiger partial charge in [-0.25, -0.2) is 0 Å². The third-order valence-corrected chi connectivity index (χ3v) is 2.72. The van der Waals surface area contributed by atoms with Crippen LogP contribution in [0, 0.1) is 17.8 Å². The maximum absolute atomic E-state index is 9.49. The molecule has 1 fully saturated rings. The predicted molar refractivity (Wildman–Crippen MR) is 42.8 cm³/mol. The third-order valence-electron chi connectivity index (χ3n) is 2.72. The number of hydrogen-bond acceptors (Lipinski definition) is 2. The monoisotopic (exact) mass is 154 g/mol. The number of aliphatic hydroxyl groups excluding tert-OH is 2. The van der Waals surface area contributed by atoms with Crippen LogP contribution >= 0.6 is 0 Å². The topological polar surface area (TPSA) is 40.5 Å². The quantitative estimate of drug-likeness (QED) is 0.541. The van der Waals surface area contributed by atoms with Crippen molar-refractivity contribution in [1.29, 1.82) is 0 Å². The zero-order chi connectivity index (χ0) is 8.48. The average molecular weight is 154 g/mol. The van der Waals surface area contributed by atoms with E-state index < -0.39 is 17.6 Å². The van der Waals surface area contributed by atoms with Crippen molar-refractivity contribution in [3.8, 4) is 12.3 Å². The molecule has 0 heterocycles. The average Bonchev–Trinajstić information content (AvgIpc) is 2.19. The van der Waals surface area contributed by atoms with Crippen LogP contribution in [0.1, 0.15) is 26.2 Å². The molecule has 2 heteroatoms. The Hall–Kier alpha value is -0.520. The second-order valence-corrected chi connectivity index (χ2v) is 3.50. The summed E-state index contributed by atoms with van der Waals surface area (Å²) in [7, 11) is 0. The van der Waals surface area contributed by atoms with E-state index in [1.165, 1.54) is 0 Å². The highest BCUT2D eigenvalue weighted by Crippen LogP contribution is 2.40. The molecule has 0 aromatic heterocycles. The molecule has 0 spiro atoms. The smallest absolute Gasteiger partial charge is 0.0628 e. The largest absolute Gasteiger partial charge is 0.392 e. The lowest BCUT2D eigenvalue weighted by molar-refractivity contribution is -0.00676. The number of terminal acetylenes is 1. The number of rotatable bonds is 1. The molecule has 0 aliphatic heterocycles. The Morgan fingerprint density at radius 1 is 1.45 bits per heavy atom. The minimum absolute atomic E-state index is 0.437. The molecule has 1 saturated carbocycles. The fourth-order valence-corrected chi connectivity index (χ4v) is 1.65. The lowest BCUT2D eigenvalue weighted by Crippen LogP contribution is -2.35. The third kappa shape index (κ3) is 1.26. The highest BCUT2D eigenvalue weighted by atomic mass is 16.3. The van der Waals surface area contributed by atoms with Crippen molar-refractivity contribution in [2.24, 2.45) is 5.41 Å². The molecule has 11 heavy (non-hydrogen) atoms. The molecule has 1 aliphatic rings. The highest BCUT2D eigenvalue weighted by Gasteiger charge is 2.44. The Bertz CT molecular complexity index is 170. The molecule has 2 nitrogen and oxygen atoms in total. The van der Waals surface area contributed by atoms with E-state index in [0.29, 0.717) is 19.3 Å². The molecule has 2 N–H and O–H groups in total. The Kier molecular flexibility index (Phi) is 2.22. The van der Waals surface area contributed by atoms with Crippen molar-refractivity contribution in [2.75, 3.05) is 0 Å². The van der Waals surface area contributed by atoms with Gasteiger partial charge in [-0.15, -0.1) is 12.3 Å². The van der Waals surface area contributed by atoms with Crippen LogP contribution in [0.2, 0.25) is 0 Å². The van der Waals surface area contributed by atoms with E-state index in [1.807, 2.05) is 6.92 Å². The van der Waals surface area contributed by atoms with Gasteiger partial charge < -0.3 is 10.2 Å². The zero-order valence-corrected chi connectivity index (χ0v) is 6.75. The van der Waals surface area contributed by atoms with Crippen LogP contribution in [-0.2, 0) is 0 Å². The van der Waals surface area contributed by atoms with Crippen LogP contribution in [0.15, 0.2) is 0 Å². The summed E-state index contributed by atoms with van der Waals surface area (Å²) in [5, 5.41) is 19.0. The first-order chi connectivity index (χ1) is 5.11. The van der Waals surface area contributed by atoms with Gasteiger partial charge >= 0.3 is 0 Å². The van der Waals surface area contributed by atoms with Crippen molar-refractivity contribution in [1.82, 2.24) is 0 Å². The van der Waals surface area contributed by atoms with Crippen molar-refractivity contribution < 1.29 is 10.2 Å². The van der Waals surface area contributed by atoms with Gasteiger partial charge in [0.25, 0.3) is 0 Å². The first-order valence-electron chi connectivity index (χ1n) is 3.91. The van der Waals surface area contributed by atoms with Gasteiger partial charge in [-0.05, 0) is 12.8 Å². The van der Waals surface area contributed by atoms with Crippen LogP contribution < -0.4 is 0 Å². The van der Waals surface area contributed by atoms with E-state index >= 15 is 0 Å². The lowest BCUT2D eigenvalue weighted by atomic mass is 9.81. The molecule has 0 aromatic carbocycles. The van der Waals surface area contributed by atoms with E-state index in [-0.39, 0.29) is 0 Å². The molecule has 0 saturated heterocycles. The molecule has 0 amide bonds. The molecule has 0 aromatic rings. The fourth-order valence-electron chi connectivity index (χ4n) is 1.65. The van der Waals surface area contributed by atoms with Crippen molar-refractivity contribution >= 4 is 0 Å². The maximum atomic E-state index is 9.49. The molecule has 2 atom stereocenters. The van der Waals surface area contributed by atoms with Gasteiger partial charge in [0.2, 0.25) is 0 Å². The van der Waals surface area contributed by atoms with Gasteiger partial charge in [-0.1, -0.05) is 6.92 Å². The summed E-state index contributed by atoms with van der Waals surface area (Å²) in [6.07, 6.45) is 6.06. The summed E-state index contributed by atoms with van der Waals surface area (Å²) in [4.78, 5) is 0. The first kappa shape index (κ1) is 8.58. The number of aliphatic hydroxyl groups is 2. The second kappa shape index (κ2) is 2.84. The van der Waals surface area contributed by atoms with Gasteiger partial charge in [-0.3, -0.25) is 0 Å². The van der Waals surface area contributed by atoms with Crippen LogP contribution in [0.25, 0.3) is 0 Å². The summed E-state index contributed by atoms with van der Waals surface area (Å²) in [6.45, 7) is 1.84. The minimum atomic E-state index is -0.464. The molecule has 0 radical (unpaired) electrons. The highest BCUT2D eigenvalue weighted by molar-refractivity contribution is 5.03. The normalized spacial score (nSPS) is 35.1. The molecule has 1 aliphatic carbocycles. The zero-order valence-electron chi connectivity index (χ0n) is 6.75. The van der Waals surface area contributed by atoms with Gasteiger partial charge in [0.15, 0.2) is 0 Å². The summed E-state index contributed by atoms with van der Waals surface area (Å²) in [5.74, 6) is 2.49. The Balaban J connectivity index is 2.73. The van der Waals surface area contributed by atoms with Gasteiger partial charge in [-0.2, -0.15) is 0 Å². The van der Waals surface area contributed by atoms with Gasteiger partial charge in [0, 0.05) is 11.8 Å². The Morgan fingerprint density at radius 2 is 1.91 bits per heavy atom. The SMILES string of the molecule is C#CCC1(C)[C@H](O)CC[C@H]1O.